The number of halogens is 1. The number of hydrogen-bond acceptors (Lipinski definition) is 4. The van der Waals surface area contributed by atoms with E-state index < -0.39 is 0 Å². The number of hydrogen-bond donors (Lipinski definition) is 0. The van der Waals surface area contributed by atoms with Gasteiger partial charge in [0, 0.05) is 35.6 Å². The Morgan fingerprint density at radius 3 is 2.79 bits per heavy atom. The fourth-order valence-electron chi connectivity index (χ4n) is 3.94. The Kier molecular flexibility index (Phi) is 4.59. The van der Waals surface area contributed by atoms with Crippen molar-refractivity contribution in [2.75, 3.05) is 7.11 Å². The first-order valence-corrected chi connectivity index (χ1v) is 9.29. The van der Waals surface area contributed by atoms with Crippen molar-refractivity contribution in [1.29, 1.82) is 0 Å². The van der Waals surface area contributed by atoms with Crippen LogP contribution in [0.25, 0.3) is 22.3 Å². The molecule has 0 fully saturated rings. The van der Waals surface area contributed by atoms with Crippen LogP contribution in [0, 0.1) is 12.7 Å². The maximum Gasteiger partial charge on any atom is 0.257 e. The minimum absolute atomic E-state index is 0.148. The predicted octanol–water partition coefficient (Wildman–Crippen LogP) is 3.71. The summed E-state index contributed by atoms with van der Waals surface area (Å²) in [7, 11) is 1.53. The van der Waals surface area contributed by atoms with Crippen molar-refractivity contribution < 1.29 is 13.9 Å². The molecule has 0 N–H and O–H groups in total. The largest absolute Gasteiger partial charge is 0.380 e. The zero-order chi connectivity index (χ0) is 20.0. The average molecular weight is 380 g/mol. The van der Waals surface area contributed by atoms with Crippen LogP contribution in [0.5, 0.6) is 0 Å². The molecular formula is C22H21FN2O3. The van der Waals surface area contributed by atoms with Gasteiger partial charge in [-0.2, -0.15) is 0 Å². The minimum Gasteiger partial charge on any atom is -0.380 e. The molecule has 1 aliphatic heterocycles. The van der Waals surface area contributed by atoms with Gasteiger partial charge in [0.15, 0.2) is 0 Å². The third-order valence-electron chi connectivity index (χ3n) is 5.47. The van der Waals surface area contributed by atoms with Gasteiger partial charge in [0.2, 0.25) is 0 Å². The molecule has 0 amide bonds. The van der Waals surface area contributed by atoms with Crippen molar-refractivity contribution in [3.8, 4) is 11.4 Å². The second-order valence-corrected chi connectivity index (χ2v) is 7.23. The summed E-state index contributed by atoms with van der Waals surface area (Å²) in [4.78, 5) is 29.4. The van der Waals surface area contributed by atoms with E-state index >= 15 is 0 Å². The summed E-state index contributed by atoms with van der Waals surface area (Å²) in [5, 5.41) is 0.843. The van der Waals surface area contributed by atoms with Crippen LogP contribution in [0.2, 0.25) is 0 Å². The van der Waals surface area contributed by atoms with Crippen LogP contribution in [-0.4, -0.2) is 22.9 Å². The molecule has 0 unspecified atom stereocenters. The van der Waals surface area contributed by atoms with E-state index in [0.717, 1.165) is 17.2 Å². The number of methoxy groups -OCH3 is 1. The normalized spacial score (nSPS) is 13.4. The van der Waals surface area contributed by atoms with E-state index in [9.17, 15) is 14.0 Å². The molecule has 3 heterocycles. The molecule has 1 aromatic carbocycles. The van der Waals surface area contributed by atoms with E-state index in [4.69, 9.17) is 4.74 Å². The van der Waals surface area contributed by atoms with Gasteiger partial charge < -0.3 is 14.1 Å². The number of fused-ring (bicyclic) bond motifs is 4. The van der Waals surface area contributed by atoms with Gasteiger partial charge >= 0.3 is 0 Å². The highest BCUT2D eigenvalue weighted by Gasteiger charge is 2.27. The number of aryl methyl sites for hydroxylation is 1. The number of aldehydes is 1. The molecule has 0 aliphatic carbocycles. The van der Waals surface area contributed by atoms with Gasteiger partial charge in [0.05, 0.1) is 30.1 Å². The molecule has 6 heteroatoms. The van der Waals surface area contributed by atoms with E-state index in [2.05, 4.69) is 4.98 Å². The topological polar surface area (TPSA) is 61.2 Å². The van der Waals surface area contributed by atoms with E-state index in [1.54, 1.807) is 17.6 Å². The summed E-state index contributed by atoms with van der Waals surface area (Å²) in [5.74, 6) is -0.688. The summed E-state index contributed by atoms with van der Waals surface area (Å²) < 4.78 is 20.9. The number of benzene rings is 1. The zero-order valence-corrected chi connectivity index (χ0v) is 16.1. The van der Waals surface area contributed by atoms with E-state index in [1.807, 2.05) is 19.1 Å². The number of aromatic nitrogens is 2. The van der Waals surface area contributed by atoms with Crippen molar-refractivity contribution in [1.82, 2.24) is 9.55 Å². The van der Waals surface area contributed by atoms with Crippen LogP contribution in [0.15, 0.2) is 29.1 Å². The molecule has 0 spiro atoms. The number of pyridine rings is 2. The third-order valence-corrected chi connectivity index (χ3v) is 5.47. The smallest absolute Gasteiger partial charge is 0.257 e. The van der Waals surface area contributed by atoms with Crippen molar-refractivity contribution in [3.05, 3.63) is 62.7 Å². The van der Waals surface area contributed by atoms with Crippen LogP contribution in [-0.2, 0) is 22.7 Å². The lowest BCUT2D eigenvalue weighted by Gasteiger charge is -2.16. The number of carbonyl (C=O) groups excluding carboxylic acids is 1. The molecule has 0 radical (unpaired) electrons. The van der Waals surface area contributed by atoms with Gasteiger partial charge in [-0.15, -0.1) is 0 Å². The highest BCUT2D eigenvalue weighted by Crippen LogP contribution is 2.34. The summed E-state index contributed by atoms with van der Waals surface area (Å²) >= 11 is 0. The highest BCUT2D eigenvalue weighted by atomic mass is 19.1. The van der Waals surface area contributed by atoms with Crippen LogP contribution < -0.4 is 5.56 Å². The molecular weight excluding hydrogens is 359 g/mol. The van der Waals surface area contributed by atoms with E-state index in [0.29, 0.717) is 46.6 Å². The first-order chi connectivity index (χ1) is 13.5. The van der Waals surface area contributed by atoms with Crippen LogP contribution >= 0.6 is 0 Å². The quantitative estimate of drug-likeness (QED) is 0.495. The molecule has 0 saturated heterocycles. The molecule has 2 aromatic heterocycles. The molecule has 0 bridgehead atoms. The Balaban J connectivity index is 1.98. The van der Waals surface area contributed by atoms with Crippen LogP contribution in [0.4, 0.5) is 4.39 Å². The fraction of sp³-hybridized carbons (Fsp3) is 0.318. The Morgan fingerprint density at radius 2 is 2.11 bits per heavy atom. The lowest BCUT2D eigenvalue weighted by Crippen LogP contribution is -2.26. The molecule has 5 nitrogen and oxygen atoms in total. The van der Waals surface area contributed by atoms with Crippen molar-refractivity contribution in [2.45, 2.75) is 39.3 Å². The fourth-order valence-corrected chi connectivity index (χ4v) is 3.94. The Morgan fingerprint density at radius 1 is 1.32 bits per heavy atom. The first-order valence-electron chi connectivity index (χ1n) is 9.29. The standard InChI is InChI=1S/C22H21FN2O3/c1-4-13(10-26)16-7-20-21-15(9-25(20)22(27)17(16)11-28-3)6-14-5-12(2)18(23)8-19(14)24-21/h5-8,10,13H,4,9,11H2,1-3H3/t13-/m0/s1. The second-order valence-electron chi connectivity index (χ2n) is 7.23. The van der Waals surface area contributed by atoms with Gasteiger partial charge in [-0.05, 0) is 42.7 Å². The number of ether oxygens (including phenoxy) is 1. The van der Waals surface area contributed by atoms with Gasteiger partial charge in [-0.1, -0.05) is 6.92 Å². The maximum atomic E-state index is 14.0. The predicted molar refractivity (Wildman–Crippen MR) is 105 cm³/mol. The first kappa shape index (κ1) is 18.5. The van der Waals surface area contributed by atoms with Crippen molar-refractivity contribution in [3.63, 3.8) is 0 Å². The summed E-state index contributed by atoms with van der Waals surface area (Å²) in [6, 6.07) is 7.02. The number of nitrogens with zero attached hydrogens (tertiary/aromatic N) is 2. The van der Waals surface area contributed by atoms with Crippen molar-refractivity contribution >= 4 is 17.2 Å². The third kappa shape index (κ3) is 2.76. The molecule has 3 aromatic rings. The average Bonchev–Trinajstić information content (AvgIpc) is 3.03. The summed E-state index contributed by atoms with van der Waals surface area (Å²) in [5.41, 5.74) is 4.37. The lowest BCUT2D eigenvalue weighted by molar-refractivity contribution is -0.109. The Bertz CT molecular complexity index is 1170. The van der Waals surface area contributed by atoms with Gasteiger partial charge in [-0.25, -0.2) is 9.37 Å². The minimum atomic E-state index is -0.381. The van der Waals surface area contributed by atoms with E-state index in [1.165, 1.54) is 13.2 Å². The van der Waals surface area contributed by atoms with E-state index in [-0.39, 0.29) is 23.9 Å². The van der Waals surface area contributed by atoms with Gasteiger partial charge in [0.1, 0.15) is 12.1 Å². The SMILES string of the molecule is CC[C@@H](C=O)c1cc2n(c(=O)c1COC)Cc1cc3cc(C)c(F)cc3nc1-2. The maximum absolute atomic E-state index is 14.0. The summed E-state index contributed by atoms with van der Waals surface area (Å²) in [6.45, 7) is 4.17. The molecule has 0 saturated carbocycles. The highest BCUT2D eigenvalue weighted by molar-refractivity contribution is 5.85. The number of carbonyl (C=O) groups is 1. The zero-order valence-electron chi connectivity index (χ0n) is 16.1. The Labute approximate surface area is 161 Å². The Hall–Kier alpha value is -2.86. The molecule has 4 rings (SSSR count). The number of rotatable bonds is 5. The van der Waals surface area contributed by atoms with Crippen LogP contribution in [0.1, 0.15) is 41.5 Å². The molecule has 1 atom stereocenters. The monoisotopic (exact) mass is 380 g/mol. The lowest BCUT2D eigenvalue weighted by atomic mass is 9.93. The van der Waals surface area contributed by atoms with Crippen molar-refractivity contribution in [2.24, 2.45) is 0 Å². The second kappa shape index (κ2) is 6.95. The van der Waals surface area contributed by atoms with Gasteiger partial charge in [-0.3, -0.25) is 4.79 Å². The molecule has 28 heavy (non-hydrogen) atoms. The summed E-state index contributed by atoms with van der Waals surface area (Å²) in [6.07, 6.45) is 1.46. The molecule has 1 aliphatic rings. The van der Waals surface area contributed by atoms with Crippen LogP contribution in [0.3, 0.4) is 0 Å². The molecule has 144 valence electrons. The van der Waals surface area contributed by atoms with Gasteiger partial charge in [0.25, 0.3) is 5.56 Å².